The largest absolute Gasteiger partial charge is 0.308 e. The van der Waals surface area contributed by atoms with E-state index in [-0.39, 0.29) is 11.3 Å². The van der Waals surface area contributed by atoms with Gasteiger partial charge < -0.3 is 4.57 Å². The van der Waals surface area contributed by atoms with Gasteiger partial charge in [0.15, 0.2) is 11.7 Å². The highest BCUT2D eigenvalue weighted by Crippen LogP contribution is 2.53. The van der Waals surface area contributed by atoms with Gasteiger partial charge in [0.2, 0.25) is 0 Å². The number of amidine groups is 2. The Morgan fingerprint density at radius 1 is 0.719 bits per heavy atom. The maximum absolute atomic E-state index is 8.74. The van der Waals surface area contributed by atoms with Gasteiger partial charge in [-0.25, -0.2) is 9.98 Å². The molecule has 0 aliphatic heterocycles. The van der Waals surface area contributed by atoms with Gasteiger partial charge in [-0.2, -0.15) is 5.26 Å². The Balaban J connectivity index is 0.000000193. The fourth-order valence-electron chi connectivity index (χ4n) is 8.13. The molecule has 1 N–H and O–H groups in total. The highest BCUT2D eigenvalue weighted by molar-refractivity contribution is 7.16. The van der Waals surface area contributed by atoms with Crippen molar-refractivity contribution in [1.29, 1.82) is 10.7 Å². The smallest absolute Gasteiger partial charge is 0.161 e. The summed E-state index contributed by atoms with van der Waals surface area (Å²) in [6.45, 7) is 12.8. The number of para-hydroxylation sites is 1. The molecule has 6 aromatic carbocycles. The molecule has 2 heterocycles. The van der Waals surface area contributed by atoms with Gasteiger partial charge in [-0.1, -0.05) is 123 Å². The Morgan fingerprint density at radius 2 is 1.37 bits per heavy atom. The SMILES string of the molecule is C=NC(=NC(=N)c1ccc(C#N)cc1)c1ccccc1.Cc1ccc(-n2c3ccccc3c3c4c(c(C)c5ccccc5scc32)C(C)(C)c2ccccc2-4)cc1. The Labute approximate surface area is 337 Å². The number of hydrogen-bond acceptors (Lipinski definition) is 3. The summed E-state index contributed by atoms with van der Waals surface area (Å²) in [6, 6.07) is 53.9. The van der Waals surface area contributed by atoms with Crippen molar-refractivity contribution in [2.24, 2.45) is 9.98 Å². The molecular formula is C51H41N5S. The van der Waals surface area contributed by atoms with E-state index in [9.17, 15) is 0 Å². The summed E-state index contributed by atoms with van der Waals surface area (Å²) in [5.74, 6) is 0.487. The van der Waals surface area contributed by atoms with Crippen LogP contribution in [0.3, 0.4) is 0 Å². The summed E-state index contributed by atoms with van der Waals surface area (Å²) >= 11 is 1.84. The number of nitriles is 1. The van der Waals surface area contributed by atoms with Crippen molar-refractivity contribution in [3.8, 4) is 22.9 Å². The van der Waals surface area contributed by atoms with Gasteiger partial charge in [-0.05, 0) is 102 Å². The Bertz CT molecular complexity index is 2980. The molecule has 2 aromatic heterocycles. The van der Waals surface area contributed by atoms with Crippen LogP contribution in [0.4, 0.5) is 0 Å². The van der Waals surface area contributed by atoms with Crippen LogP contribution in [0.5, 0.6) is 0 Å². The standard InChI is InChI=1S/C35H29NS.C16H12N4/c1-22-17-19-24(20-18-22)36-29-15-9-6-13-27(29)32-30(36)21-37-31-16-10-7-11-25(31)23(2)34-33(32)26-12-5-8-14-28(26)35(34,3)4;1-19-16(14-5-3-2-4-6-14)20-15(18)13-9-7-12(11-17)8-10-13/h5-21H,1-4H3;2-10,18H,1H2. The van der Waals surface area contributed by atoms with E-state index in [0.29, 0.717) is 17.0 Å². The molecule has 57 heavy (non-hydrogen) atoms. The molecule has 0 spiro atoms. The predicted molar refractivity (Wildman–Crippen MR) is 241 cm³/mol. The second-order valence-electron chi connectivity index (χ2n) is 14.7. The van der Waals surface area contributed by atoms with E-state index < -0.39 is 0 Å². The molecule has 0 saturated heterocycles. The number of rotatable bonds is 3. The minimum Gasteiger partial charge on any atom is -0.308 e. The lowest BCUT2D eigenvalue weighted by Gasteiger charge is -2.23. The molecule has 1 aliphatic carbocycles. The zero-order chi connectivity index (χ0) is 39.7. The van der Waals surface area contributed by atoms with Gasteiger partial charge in [-0.3, -0.25) is 5.41 Å². The molecule has 0 fully saturated rings. The summed E-state index contributed by atoms with van der Waals surface area (Å²) in [4.78, 5) is 8.04. The van der Waals surface area contributed by atoms with Crippen LogP contribution in [-0.4, -0.2) is 23.0 Å². The van der Waals surface area contributed by atoms with E-state index >= 15 is 0 Å². The highest BCUT2D eigenvalue weighted by atomic mass is 32.1. The number of aryl methyl sites for hydroxylation is 2. The predicted octanol–water partition coefficient (Wildman–Crippen LogP) is 13.1. The molecule has 0 amide bonds. The quantitative estimate of drug-likeness (QED) is 0.141. The molecule has 1 aliphatic rings. The van der Waals surface area contributed by atoms with Gasteiger partial charge >= 0.3 is 0 Å². The van der Waals surface area contributed by atoms with Gasteiger partial charge in [0, 0.05) is 43.1 Å². The number of aliphatic imine (C=N–C) groups is 2. The fraction of sp³-hybridized carbons (Fsp3) is 0.0980. The number of nitrogens with zero attached hydrogens (tertiary/aromatic N) is 4. The molecule has 8 aromatic rings. The average Bonchev–Trinajstić information content (AvgIpc) is 3.71. The minimum atomic E-state index is -0.109. The van der Waals surface area contributed by atoms with Gasteiger partial charge in [0.25, 0.3) is 0 Å². The van der Waals surface area contributed by atoms with Crippen LogP contribution in [0.2, 0.25) is 0 Å². The van der Waals surface area contributed by atoms with E-state index in [1.54, 1.807) is 24.3 Å². The summed E-state index contributed by atoms with van der Waals surface area (Å²) in [6.07, 6.45) is 0. The molecule has 5 nitrogen and oxygen atoms in total. The van der Waals surface area contributed by atoms with Crippen LogP contribution >= 0.6 is 11.3 Å². The van der Waals surface area contributed by atoms with Crippen molar-refractivity contribution in [2.75, 3.05) is 0 Å². The normalized spacial score (nSPS) is 12.6. The van der Waals surface area contributed by atoms with E-state index in [1.807, 2.05) is 47.7 Å². The molecule has 276 valence electrons. The first kappa shape index (κ1) is 37.0. The van der Waals surface area contributed by atoms with Crippen molar-refractivity contribution in [1.82, 2.24) is 4.57 Å². The molecule has 0 unspecified atom stereocenters. The van der Waals surface area contributed by atoms with E-state index in [4.69, 9.17) is 10.7 Å². The third-order valence-corrected chi connectivity index (χ3v) is 11.8. The Hall–Kier alpha value is -6.94. The third-order valence-electron chi connectivity index (χ3n) is 10.8. The summed E-state index contributed by atoms with van der Waals surface area (Å²) in [5, 5.41) is 23.1. The summed E-state index contributed by atoms with van der Waals surface area (Å²) in [5.41, 5.74) is 13.8. The van der Waals surface area contributed by atoms with Crippen LogP contribution in [-0.2, 0) is 5.41 Å². The summed E-state index contributed by atoms with van der Waals surface area (Å²) in [7, 11) is 0. The number of benzene rings is 6. The molecule has 0 radical (unpaired) electrons. The van der Waals surface area contributed by atoms with Gasteiger partial charge in [0.05, 0.1) is 22.7 Å². The topological polar surface area (TPSA) is 77.3 Å². The van der Waals surface area contributed by atoms with Crippen LogP contribution in [0.1, 0.15) is 52.8 Å². The Morgan fingerprint density at radius 3 is 2.09 bits per heavy atom. The maximum atomic E-state index is 8.74. The molecule has 0 atom stereocenters. The lowest BCUT2D eigenvalue weighted by molar-refractivity contribution is 0.657. The van der Waals surface area contributed by atoms with Gasteiger partial charge in [0.1, 0.15) is 0 Å². The molecule has 0 bridgehead atoms. The lowest BCUT2D eigenvalue weighted by atomic mass is 9.80. The second kappa shape index (κ2) is 15.3. The summed E-state index contributed by atoms with van der Waals surface area (Å²) < 4.78 is 3.76. The van der Waals surface area contributed by atoms with Crippen LogP contribution in [0.15, 0.2) is 167 Å². The maximum Gasteiger partial charge on any atom is 0.161 e. The van der Waals surface area contributed by atoms with Crippen molar-refractivity contribution in [2.45, 2.75) is 33.1 Å². The van der Waals surface area contributed by atoms with E-state index in [1.165, 1.54) is 71.0 Å². The van der Waals surface area contributed by atoms with Crippen LogP contribution < -0.4 is 0 Å². The van der Waals surface area contributed by atoms with Gasteiger partial charge in [-0.15, -0.1) is 11.3 Å². The third kappa shape index (κ3) is 6.73. The monoisotopic (exact) mass is 755 g/mol. The average molecular weight is 756 g/mol. The first-order valence-electron chi connectivity index (χ1n) is 18.9. The van der Waals surface area contributed by atoms with E-state index in [2.05, 4.69) is 151 Å². The van der Waals surface area contributed by atoms with Crippen molar-refractivity contribution < 1.29 is 0 Å². The number of hydrogen-bond donors (Lipinski definition) is 1. The zero-order valence-electron chi connectivity index (χ0n) is 32.4. The van der Waals surface area contributed by atoms with Crippen molar-refractivity contribution in [3.05, 3.63) is 196 Å². The number of nitrogens with one attached hydrogen (secondary N) is 1. The first-order valence-corrected chi connectivity index (χ1v) is 19.8. The molecule has 9 rings (SSSR count). The highest BCUT2D eigenvalue weighted by Gasteiger charge is 2.38. The van der Waals surface area contributed by atoms with Crippen LogP contribution in [0.25, 0.3) is 48.7 Å². The number of aromatic nitrogens is 1. The zero-order valence-corrected chi connectivity index (χ0v) is 33.2. The lowest BCUT2D eigenvalue weighted by Crippen LogP contribution is -2.16. The van der Waals surface area contributed by atoms with Crippen molar-refractivity contribution >= 4 is 61.6 Å². The first-order chi connectivity index (χ1) is 27.7. The number of fused-ring (bicyclic) bond motifs is 8. The van der Waals surface area contributed by atoms with E-state index in [0.717, 1.165) is 5.56 Å². The fourth-order valence-corrected chi connectivity index (χ4v) is 9.10. The second-order valence-corrected chi connectivity index (χ2v) is 15.6. The minimum absolute atomic E-state index is 0.0840. The Kier molecular flexibility index (Phi) is 9.93. The molecule has 6 heteroatoms. The molecular weight excluding hydrogens is 715 g/mol. The molecule has 0 saturated carbocycles. The van der Waals surface area contributed by atoms with Crippen molar-refractivity contribution in [3.63, 3.8) is 0 Å². The van der Waals surface area contributed by atoms with Crippen LogP contribution in [0, 0.1) is 30.6 Å².